The van der Waals surface area contributed by atoms with Crippen LogP contribution in [0.3, 0.4) is 0 Å². The van der Waals surface area contributed by atoms with Crippen LogP contribution in [0.2, 0.25) is 0 Å². The molecule has 4 nitrogen and oxygen atoms in total. The van der Waals surface area contributed by atoms with E-state index >= 15 is 0 Å². The molecule has 1 atom stereocenters. The summed E-state index contributed by atoms with van der Waals surface area (Å²) in [5, 5.41) is 11.4. The van der Waals surface area contributed by atoms with E-state index < -0.39 is 18.0 Å². The Labute approximate surface area is 164 Å². The Kier molecular flexibility index (Phi) is 5.04. The van der Waals surface area contributed by atoms with Crippen LogP contribution in [0.25, 0.3) is 0 Å². The summed E-state index contributed by atoms with van der Waals surface area (Å²) < 4.78 is 14.9. The van der Waals surface area contributed by atoms with E-state index in [1.165, 1.54) is 29.8 Å². The van der Waals surface area contributed by atoms with Gasteiger partial charge in [0.1, 0.15) is 0 Å². The van der Waals surface area contributed by atoms with Crippen LogP contribution in [0.1, 0.15) is 73.8 Å². The van der Waals surface area contributed by atoms with E-state index in [0.29, 0.717) is 11.3 Å². The number of hydrogen-bond donors (Lipinski definition) is 2. The molecule has 2 aromatic rings. The van der Waals surface area contributed by atoms with Crippen molar-refractivity contribution >= 4 is 17.6 Å². The molecule has 0 aromatic heterocycles. The fourth-order valence-electron chi connectivity index (χ4n) is 3.82. The molecule has 1 amide bonds. The van der Waals surface area contributed by atoms with Gasteiger partial charge < -0.3 is 10.4 Å². The third-order valence-electron chi connectivity index (χ3n) is 5.80. The van der Waals surface area contributed by atoms with E-state index in [-0.39, 0.29) is 16.4 Å². The summed E-state index contributed by atoms with van der Waals surface area (Å²) in [6.45, 7) is 8.70. The number of carbonyl (C=O) groups is 2. The lowest BCUT2D eigenvalue weighted by molar-refractivity contribution is -0.121. The zero-order valence-corrected chi connectivity index (χ0v) is 16.7. The highest BCUT2D eigenvalue weighted by molar-refractivity contribution is 5.95. The highest BCUT2D eigenvalue weighted by Crippen LogP contribution is 2.46. The van der Waals surface area contributed by atoms with E-state index in [4.69, 9.17) is 5.11 Å². The monoisotopic (exact) mass is 383 g/mol. The average Bonchev–Trinajstić information content (AvgIpc) is 2.65. The lowest BCUT2D eigenvalue weighted by Crippen LogP contribution is -2.34. The molecule has 0 bridgehead atoms. The second-order valence-electron chi connectivity index (χ2n) is 8.81. The Morgan fingerprint density at radius 3 is 2.11 bits per heavy atom. The lowest BCUT2D eigenvalue weighted by atomic mass is 9.63. The van der Waals surface area contributed by atoms with Crippen molar-refractivity contribution in [2.75, 3.05) is 5.32 Å². The molecule has 2 N–H and O–H groups in total. The maximum atomic E-state index is 14.9. The summed E-state index contributed by atoms with van der Waals surface area (Å²) >= 11 is 0. The summed E-state index contributed by atoms with van der Waals surface area (Å²) in [5.74, 6) is -1.82. The number of carboxylic acids is 1. The molecule has 148 valence electrons. The molecular formula is C23H26FNO3. The highest BCUT2D eigenvalue weighted by Gasteiger charge is 2.37. The van der Waals surface area contributed by atoms with Crippen molar-refractivity contribution in [2.24, 2.45) is 0 Å². The lowest BCUT2D eigenvalue weighted by Gasteiger charge is -2.42. The molecule has 28 heavy (non-hydrogen) atoms. The SMILES string of the molecule is CC1(C)CCC(C)(C)c2cc(C(F)C(=O)Nc3ccc(C(=O)O)cc3)ccc21. The van der Waals surface area contributed by atoms with Crippen molar-refractivity contribution in [1.82, 2.24) is 0 Å². The van der Waals surface area contributed by atoms with Crippen LogP contribution in [0, 0.1) is 0 Å². The summed E-state index contributed by atoms with van der Waals surface area (Å²) in [6, 6.07) is 11.1. The number of fused-ring (bicyclic) bond motifs is 1. The summed E-state index contributed by atoms with van der Waals surface area (Å²) in [4.78, 5) is 23.3. The summed E-state index contributed by atoms with van der Waals surface area (Å²) in [5.41, 5.74) is 3.08. The minimum absolute atomic E-state index is 0.0311. The smallest absolute Gasteiger partial charge is 0.335 e. The number of aromatic carboxylic acids is 1. The first kappa shape index (κ1) is 20.1. The number of anilines is 1. The van der Waals surface area contributed by atoms with Gasteiger partial charge >= 0.3 is 5.97 Å². The molecule has 2 aromatic carbocycles. The van der Waals surface area contributed by atoms with E-state index in [1.807, 2.05) is 12.1 Å². The van der Waals surface area contributed by atoms with Gasteiger partial charge in [-0.3, -0.25) is 4.79 Å². The maximum Gasteiger partial charge on any atom is 0.335 e. The molecule has 3 rings (SSSR count). The van der Waals surface area contributed by atoms with E-state index in [9.17, 15) is 14.0 Å². The van der Waals surface area contributed by atoms with Crippen LogP contribution in [-0.4, -0.2) is 17.0 Å². The number of rotatable bonds is 4. The fraction of sp³-hybridized carbons (Fsp3) is 0.391. The molecule has 1 aliphatic carbocycles. The number of amides is 1. The van der Waals surface area contributed by atoms with Gasteiger partial charge in [0, 0.05) is 5.69 Å². The van der Waals surface area contributed by atoms with Gasteiger partial charge in [-0.15, -0.1) is 0 Å². The van der Waals surface area contributed by atoms with Gasteiger partial charge in [0.15, 0.2) is 0 Å². The summed E-state index contributed by atoms with van der Waals surface area (Å²) in [6.07, 6.45) is 0.276. The molecule has 0 heterocycles. The number of nitrogens with one attached hydrogen (secondary N) is 1. The molecular weight excluding hydrogens is 357 g/mol. The van der Waals surface area contributed by atoms with Gasteiger partial charge in [-0.05, 0) is 64.6 Å². The third-order valence-corrected chi connectivity index (χ3v) is 5.80. The van der Waals surface area contributed by atoms with Crippen LogP contribution >= 0.6 is 0 Å². The number of halogens is 1. The van der Waals surface area contributed by atoms with Gasteiger partial charge in [-0.1, -0.05) is 45.9 Å². The number of carbonyl (C=O) groups excluding carboxylic acids is 1. The maximum absolute atomic E-state index is 14.9. The Hall–Kier alpha value is -2.69. The van der Waals surface area contributed by atoms with E-state index in [1.54, 1.807) is 6.07 Å². The molecule has 0 aliphatic heterocycles. The average molecular weight is 383 g/mol. The molecule has 0 saturated carbocycles. The van der Waals surface area contributed by atoms with Gasteiger partial charge in [0.25, 0.3) is 5.91 Å². The predicted molar refractivity (Wildman–Crippen MR) is 108 cm³/mol. The first-order chi connectivity index (χ1) is 13.0. The zero-order valence-electron chi connectivity index (χ0n) is 16.7. The topological polar surface area (TPSA) is 66.4 Å². The Balaban J connectivity index is 1.83. The number of benzene rings is 2. The van der Waals surface area contributed by atoms with Crippen molar-refractivity contribution in [3.63, 3.8) is 0 Å². The van der Waals surface area contributed by atoms with Crippen LogP contribution in [0.15, 0.2) is 42.5 Å². The van der Waals surface area contributed by atoms with Crippen molar-refractivity contribution in [3.05, 3.63) is 64.7 Å². The Morgan fingerprint density at radius 1 is 0.964 bits per heavy atom. The van der Waals surface area contributed by atoms with Crippen LogP contribution in [-0.2, 0) is 15.6 Å². The first-order valence-electron chi connectivity index (χ1n) is 9.44. The second-order valence-corrected chi connectivity index (χ2v) is 8.81. The number of alkyl halides is 1. The normalized spacial score (nSPS) is 18.0. The minimum atomic E-state index is -1.80. The molecule has 5 heteroatoms. The van der Waals surface area contributed by atoms with Crippen molar-refractivity contribution in [2.45, 2.75) is 57.5 Å². The van der Waals surface area contributed by atoms with Crippen molar-refractivity contribution in [1.29, 1.82) is 0 Å². The Morgan fingerprint density at radius 2 is 1.54 bits per heavy atom. The molecule has 0 fully saturated rings. The van der Waals surface area contributed by atoms with E-state index in [0.717, 1.165) is 18.4 Å². The van der Waals surface area contributed by atoms with Gasteiger partial charge in [0.2, 0.25) is 6.17 Å². The fourth-order valence-corrected chi connectivity index (χ4v) is 3.82. The van der Waals surface area contributed by atoms with Crippen LogP contribution in [0.4, 0.5) is 10.1 Å². The third kappa shape index (κ3) is 3.79. The number of carboxylic acid groups (broad SMARTS) is 1. The quantitative estimate of drug-likeness (QED) is 0.744. The van der Waals surface area contributed by atoms with Gasteiger partial charge in [-0.2, -0.15) is 0 Å². The van der Waals surface area contributed by atoms with Crippen LogP contribution < -0.4 is 5.32 Å². The van der Waals surface area contributed by atoms with Gasteiger partial charge in [-0.25, -0.2) is 9.18 Å². The molecule has 0 spiro atoms. The molecule has 1 aliphatic rings. The van der Waals surface area contributed by atoms with Crippen molar-refractivity contribution in [3.8, 4) is 0 Å². The first-order valence-corrected chi connectivity index (χ1v) is 9.44. The molecule has 0 radical (unpaired) electrons. The predicted octanol–water partition coefficient (Wildman–Crippen LogP) is 5.38. The second kappa shape index (κ2) is 7.04. The molecule has 1 unspecified atom stereocenters. The standard InChI is InChI=1S/C23H26FNO3/c1-22(2)11-12-23(3,4)18-13-15(7-10-17(18)22)19(24)20(26)25-16-8-5-14(6-9-16)21(27)28/h5-10,13,19H,11-12H2,1-4H3,(H,25,26)(H,27,28). The molecule has 0 saturated heterocycles. The minimum Gasteiger partial charge on any atom is -0.478 e. The number of hydrogen-bond acceptors (Lipinski definition) is 2. The Bertz CT molecular complexity index is 916. The zero-order chi connectivity index (χ0) is 20.7. The van der Waals surface area contributed by atoms with Crippen LogP contribution in [0.5, 0.6) is 0 Å². The highest BCUT2D eigenvalue weighted by atomic mass is 19.1. The van der Waals surface area contributed by atoms with Crippen molar-refractivity contribution < 1.29 is 19.1 Å². The summed E-state index contributed by atoms with van der Waals surface area (Å²) in [7, 11) is 0. The largest absolute Gasteiger partial charge is 0.478 e. The van der Waals surface area contributed by atoms with Gasteiger partial charge in [0.05, 0.1) is 5.56 Å². The van der Waals surface area contributed by atoms with E-state index in [2.05, 4.69) is 33.0 Å².